The largest absolute Gasteiger partial charge is 0.369 e. The van der Waals surface area contributed by atoms with Crippen LogP contribution in [0.4, 0.5) is 0 Å². The normalized spacial score (nSPS) is 10.9. The summed E-state index contributed by atoms with van der Waals surface area (Å²) in [6, 6.07) is 0. The molecule has 0 unspecified atom stereocenters. The second-order valence-electron chi connectivity index (χ2n) is 3.35. The lowest BCUT2D eigenvalue weighted by Gasteiger charge is -1.95. The van der Waals surface area contributed by atoms with Crippen LogP contribution >= 0.6 is 11.8 Å². The molecule has 2 nitrogen and oxygen atoms in total. The molecular formula is C11H21NOS. The van der Waals surface area contributed by atoms with E-state index < -0.39 is 0 Å². The van der Waals surface area contributed by atoms with Crippen LogP contribution in [0.3, 0.4) is 0 Å². The van der Waals surface area contributed by atoms with Gasteiger partial charge in [-0.05, 0) is 18.2 Å². The molecule has 0 radical (unpaired) electrons. The molecule has 1 amide bonds. The lowest BCUT2D eigenvalue weighted by molar-refractivity contribution is -0.115. The lowest BCUT2D eigenvalue weighted by atomic mass is 10.1. The molecule has 0 saturated heterocycles. The van der Waals surface area contributed by atoms with E-state index in [2.05, 4.69) is 13.0 Å². The molecule has 0 aliphatic heterocycles. The zero-order valence-corrected chi connectivity index (χ0v) is 9.81. The fourth-order valence-electron chi connectivity index (χ4n) is 1.13. The van der Waals surface area contributed by atoms with Crippen LogP contribution in [-0.2, 0) is 4.79 Å². The first kappa shape index (κ1) is 13.6. The van der Waals surface area contributed by atoms with Crippen LogP contribution in [0.25, 0.3) is 0 Å². The number of primary amides is 1. The van der Waals surface area contributed by atoms with Crippen LogP contribution in [0.2, 0.25) is 0 Å². The van der Waals surface area contributed by atoms with Gasteiger partial charge in [0.15, 0.2) is 0 Å². The van der Waals surface area contributed by atoms with Gasteiger partial charge in [-0.15, -0.1) is 11.8 Å². The minimum atomic E-state index is -0.248. The summed E-state index contributed by atoms with van der Waals surface area (Å²) in [4.78, 5) is 10.4. The second-order valence-corrected chi connectivity index (χ2v) is 4.25. The molecule has 0 aliphatic rings. The topological polar surface area (TPSA) is 43.1 Å². The molecule has 0 atom stereocenters. The molecule has 0 aliphatic carbocycles. The summed E-state index contributed by atoms with van der Waals surface area (Å²) in [6.07, 6.45) is 9.81. The third-order valence-corrected chi connectivity index (χ3v) is 2.73. The number of amides is 1. The lowest BCUT2D eigenvalue weighted by Crippen LogP contribution is -2.12. The molecule has 0 spiro atoms. The molecular weight excluding hydrogens is 194 g/mol. The van der Waals surface area contributed by atoms with Crippen LogP contribution in [0.5, 0.6) is 0 Å². The molecule has 0 fully saturated rings. The fourth-order valence-corrected chi connectivity index (χ4v) is 1.66. The molecule has 0 aromatic rings. The first-order chi connectivity index (χ1) is 6.77. The summed E-state index contributed by atoms with van der Waals surface area (Å²) >= 11 is 1.47. The summed E-state index contributed by atoms with van der Waals surface area (Å²) < 4.78 is 0. The summed E-state index contributed by atoms with van der Waals surface area (Å²) in [6.45, 7) is 2.22. The van der Waals surface area contributed by atoms with Gasteiger partial charge in [-0.3, -0.25) is 4.79 Å². The SMILES string of the molecule is CCCCCCC/C=C\SCC(N)=O. The van der Waals surface area contributed by atoms with Crippen molar-refractivity contribution in [1.29, 1.82) is 0 Å². The summed E-state index contributed by atoms with van der Waals surface area (Å²) in [5, 5.41) is 1.98. The number of rotatable bonds is 9. The Balaban J connectivity index is 3.07. The Kier molecular flexibility index (Phi) is 10.3. The number of carbonyl (C=O) groups excluding carboxylic acids is 1. The highest BCUT2D eigenvalue weighted by atomic mass is 32.2. The van der Waals surface area contributed by atoms with Crippen LogP contribution in [-0.4, -0.2) is 11.7 Å². The Morgan fingerprint density at radius 2 is 2.00 bits per heavy atom. The van der Waals surface area contributed by atoms with Gasteiger partial charge in [0.05, 0.1) is 5.75 Å². The quantitative estimate of drug-likeness (QED) is 0.601. The van der Waals surface area contributed by atoms with Crippen molar-refractivity contribution in [3.8, 4) is 0 Å². The first-order valence-corrected chi connectivity index (χ1v) is 6.37. The zero-order chi connectivity index (χ0) is 10.6. The smallest absolute Gasteiger partial charge is 0.227 e. The highest BCUT2D eigenvalue weighted by molar-refractivity contribution is 8.02. The van der Waals surface area contributed by atoms with Gasteiger partial charge in [0, 0.05) is 0 Å². The molecule has 0 aromatic carbocycles. The van der Waals surface area contributed by atoms with Crippen molar-refractivity contribution in [3.63, 3.8) is 0 Å². The maximum Gasteiger partial charge on any atom is 0.227 e. The van der Waals surface area contributed by atoms with E-state index in [0.717, 1.165) is 6.42 Å². The molecule has 2 N–H and O–H groups in total. The van der Waals surface area contributed by atoms with E-state index in [-0.39, 0.29) is 5.91 Å². The molecule has 0 rings (SSSR count). The van der Waals surface area contributed by atoms with Gasteiger partial charge in [0.1, 0.15) is 0 Å². The predicted molar refractivity (Wildman–Crippen MR) is 64.2 cm³/mol. The highest BCUT2D eigenvalue weighted by Gasteiger charge is 1.89. The molecule has 0 saturated carbocycles. The maximum atomic E-state index is 10.4. The number of unbranched alkanes of at least 4 members (excludes halogenated alkanes) is 5. The minimum Gasteiger partial charge on any atom is -0.369 e. The van der Waals surface area contributed by atoms with Gasteiger partial charge in [0.25, 0.3) is 0 Å². The number of hydrogen-bond acceptors (Lipinski definition) is 2. The van der Waals surface area contributed by atoms with Crippen molar-refractivity contribution < 1.29 is 4.79 Å². The van der Waals surface area contributed by atoms with Crippen LogP contribution in [0, 0.1) is 0 Å². The van der Waals surface area contributed by atoms with Gasteiger partial charge in [0.2, 0.25) is 5.91 Å². The van der Waals surface area contributed by atoms with Crippen molar-refractivity contribution >= 4 is 17.7 Å². The van der Waals surface area contributed by atoms with E-state index in [1.54, 1.807) is 0 Å². The van der Waals surface area contributed by atoms with Crippen LogP contribution in [0.15, 0.2) is 11.5 Å². The molecule has 0 heterocycles. The van der Waals surface area contributed by atoms with Gasteiger partial charge in [-0.2, -0.15) is 0 Å². The molecule has 82 valence electrons. The Hall–Kier alpha value is -0.440. The summed E-state index contributed by atoms with van der Waals surface area (Å²) in [7, 11) is 0. The van der Waals surface area contributed by atoms with Gasteiger partial charge < -0.3 is 5.73 Å². The number of carbonyl (C=O) groups is 1. The van der Waals surface area contributed by atoms with Crippen LogP contribution < -0.4 is 5.73 Å². The van der Waals surface area contributed by atoms with Gasteiger partial charge in [-0.1, -0.05) is 38.7 Å². The Morgan fingerprint density at radius 3 is 2.64 bits per heavy atom. The van der Waals surface area contributed by atoms with E-state index >= 15 is 0 Å². The van der Waals surface area contributed by atoms with Gasteiger partial charge >= 0.3 is 0 Å². The number of nitrogens with two attached hydrogens (primary N) is 1. The molecule has 14 heavy (non-hydrogen) atoms. The Bertz CT molecular complexity index is 169. The highest BCUT2D eigenvalue weighted by Crippen LogP contribution is 2.07. The van der Waals surface area contributed by atoms with Crippen molar-refractivity contribution in [2.45, 2.75) is 45.4 Å². The molecule has 3 heteroatoms. The van der Waals surface area contributed by atoms with E-state index in [1.165, 1.54) is 43.9 Å². The van der Waals surface area contributed by atoms with E-state index in [4.69, 9.17) is 5.73 Å². The summed E-state index contributed by atoms with van der Waals surface area (Å²) in [5.41, 5.74) is 4.99. The average Bonchev–Trinajstić information content (AvgIpc) is 2.15. The maximum absolute atomic E-state index is 10.4. The second kappa shape index (κ2) is 10.6. The molecule has 0 aromatic heterocycles. The number of thioether (sulfide) groups is 1. The number of hydrogen-bond donors (Lipinski definition) is 1. The van der Waals surface area contributed by atoms with Crippen LogP contribution in [0.1, 0.15) is 45.4 Å². The third-order valence-electron chi connectivity index (χ3n) is 1.89. The Labute approximate surface area is 91.3 Å². The predicted octanol–water partition coefficient (Wildman–Crippen LogP) is 3.08. The van der Waals surface area contributed by atoms with Gasteiger partial charge in [-0.25, -0.2) is 0 Å². The van der Waals surface area contributed by atoms with E-state index in [0.29, 0.717) is 5.75 Å². The number of allylic oxidation sites excluding steroid dienone is 1. The van der Waals surface area contributed by atoms with Crippen molar-refractivity contribution in [3.05, 3.63) is 11.5 Å². The Morgan fingerprint density at radius 1 is 1.29 bits per heavy atom. The fraction of sp³-hybridized carbons (Fsp3) is 0.727. The van der Waals surface area contributed by atoms with Crippen molar-refractivity contribution in [2.24, 2.45) is 5.73 Å². The van der Waals surface area contributed by atoms with Crippen molar-refractivity contribution in [1.82, 2.24) is 0 Å². The average molecular weight is 215 g/mol. The van der Waals surface area contributed by atoms with E-state index in [1.807, 2.05) is 5.41 Å². The third kappa shape index (κ3) is 11.6. The first-order valence-electron chi connectivity index (χ1n) is 5.32. The standard InChI is InChI=1S/C11H21NOS/c1-2-3-4-5-6-7-8-9-14-10-11(12)13/h8-9H,2-7,10H2,1H3,(H2,12,13)/b9-8-. The van der Waals surface area contributed by atoms with E-state index in [9.17, 15) is 4.79 Å². The zero-order valence-electron chi connectivity index (χ0n) is 9.00. The monoisotopic (exact) mass is 215 g/mol. The van der Waals surface area contributed by atoms with Crippen molar-refractivity contribution in [2.75, 3.05) is 5.75 Å². The molecule has 0 bridgehead atoms. The minimum absolute atomic E-state index is 0.248. The summed E-state index contributed by atoms with van der Waals surface area (Å²) in [5.74, 6) is 0.148.